The van der Waals surface area contributed by atoms with E-state index >= 15 is 0 Å². The van der Waals surface area contributed by atoms with Crippen LogP contribution in [-0.2, 0) is 33.5 Å². The number of nitro benzene ring substituents is 2. The topological polar surface area (TPSA) is 185 Å². The SMILES string of the molecule is COCCOCCOCCOc1cc([N+](=O)[O-])c([N+](=O)[O-])cc1OCCOCCOCCS(=O)(=O)c1ccc(C)cc1. The number of rotatable bonds is 23. The van der Waals surface area contributed by atoms with E-state index in [4.69, 9.17) is 33.2 Å². The summed E-state index contributed by atoms with van der Waals surface area (Å²) < 4.78 is 62.0. The Kier molecular flexibility index (Phi) is 15.7. The lowest BCUT2D eigenvalue weighted by Gasteiger charge is -2.13. The van der Waals surface area contributed by atoms with Crippen molar-refractivity contribution in [2.75, 3.05) is 85.5 Å². The normalized spacial score (nSPS) is 11.4. The quantitative estimate of drug-likeness (QED) is 0.101. The zero-order valence-corrected chi connectivity index (χ0v) is 24.4. The minimum atomic E-state index is -3.45. The van der Waals surface area contributed by atoms with Crippen LogP contribution in [0.15, 0.2) is 41.3 Å². The minimum absolute atomic E-state index is 0.00311. The molecule has 2 rings (SSSR count). The van der Waals surface area contributed by atoms with Crippen molar-refractivity contribution in [3.05, 3.63) is 62.2 Å². The summed E-state index contributed by atoms with van der Waals surface area (Å²) in [6.07, 6.45) is 0. The molecule has 16 heteroatoms. The molecule has 0 aliphatic rings. The maximum Gasteiger partial charge on any atom is 0.350 e. The molecule has 0 fully saturated rings. The largest absolute Gasteiger partial charge is 0.487 e. The summed E-state index contributed by atoms with van der Waals surface area (Å²) >= 11 is 0. The summed E-state index contributed by atoms with van der Waals surface area (Å²) in [5.74, 6) is -0.310. The van der Waals surface area contributed by atoms with Gasteiger partial charge in [-0.25, -0.2) is 8.42 Å². The highest BCUT2D eigenvalue weighted by molar-refractivity contribution is 7.91. The van der Waals surface area contributed by atoms with Crippen LogP contribution in [0.3, 0.4) is 0 Å². The number of sulfone groups is 1. The van der Waals surface area contributed by atoms with Gasteiger partial charge >= 0.3 is 11.4 Å². The first-order valence-corrected chi connectivity index (χ1v) is 14.6. The van der Waals surface area contributed by atoms with Gasteiger partial charge in [0.2, 0.25) is 0 Å². The third-order valence-electron chi connectivity index (χ3n) is 5.46. The molecule has 0 spiro atoms. The van der Waals surface area contributed by atoms with Crippen LogP contribution < -0.4 is 9.47 Å². The number of hydrogen-bond donors (Lipinski definition) is 0. The molecular weight excluding hydrogens is 580 g/mol. The van der Waals surface area contributed by atoms with Crippen molar-refractivity contribution in [2.45, 2.75) is 11.8 Å². The number of methoxy groups -OCH3 is 1. The van der Waals surface area contributed by atoms with Gasteiger partial charge in [-0.05, 0) is 19.1 Å². The average molecular weight is 617 g/mol. The van der Waals surface area contributed by atoms with Gasteiger partial charge in [-0.1, -0.05) is 17.7 Å². The van der Waals surface area contributed by atoms with E-state index in [0.717, 1.165) is 17.7 Å². The van der Waals surface area contributed by atoms with Crippen LogP contribution in [0.5, 0.6) is 11.5 Å². The van der Waals surface area contributed by atoms with Crippen molar-refractivity contribution in [2.24, 2.45) is 0 Å². The Morgan fingerprint density at radius 1 is 0.643 bits per heavy atom. The van der Waals surface area contributed by atoms with Crippen molar-refractivity contribution >= 4 is 21.2 Å². The molecule has 0 aromatic heterocycles. The number of nitro groups is 2. The monoisotopic (exact) mass is 616 g/mol. The summed E-state index contributed by atoms with van der Waals surface area (Å²) in [6.45, 7) is 3.81. The van der Waals surface area contributed by atoms with E-state index in [-0.39, 0.29) is 68.4 Å². The molecule has 0 aliphatic heterocycles. The van der Waals surface area contributed by atoms with Gasteiger partial charge in [0, 0.05) is 7.11 Å². The molecule has 42 heavy (non-hydrogen) atoms. The fourth-order valence-corrected chi connectivity index (χ4v) is 4.42. The van der Waals surface area contributed by atoms with Gasteiger partial charge in [-0.15, -0.1) is 0 Å². The minimum Gasteiger partial charge on any atom is -0.487 e. The average Bonchev–Trinajstić information content (AvgIpc) is 2.95. The lowest BCUT2D eigenvalue weighted by Crippen LogP contribution is -2.16. The van der Waals surface area contributed by atoms with Gasteiger partial charge in [0.1, 0.15) is 13.2 Å². The van der Waals surface area contributed by atoms with E-state index in [1.54, 1.807) is 31.4 Å². The predicted octanol–water partition coefficient (Wildman–Crippen LogP) is 2.76. The maximum absolute atomic E-state index is 12.3. The number of hydrogen-bond acceptors (Lipinski definition) is 13. The third kappa shape index (κ3) is 12.6. The second kappa shape index (κ2) is 18.9. The first kappa shape index (κ1) is 34.8. The van der Waals surface area contributed by atoms with E-state index in [1.165, 1.54) is 0 Å². The fourth-order valence-electron chi connectivity index (χ4n) is 3.30. The highest BCUT2D eigenvalue weighted by Crippen LogP contribution is 2.39. The molecule has 0 unspecified atom stereocenters. The van der Waals surface area contributed by atoms with Crippen molar-refractivity contribution < 1.29 is 51.4 Å². The molecule has 0 heterocycles. The van der Waals surface area contributed by atoms with E-state index in [0.29, 0.717) is 26.4 Å². The lowest BCUT2D eigenvalue weighted by molar-refractivity contribution is -0.422. The molecule has 0 saturated carbocycles. The Labute approximate surface area is 243 Å². The van der Waals surface area contributed by atoms with Crippen LogP contribution in [0.25, 0.3) is 0 Å². The zero-order chi connectivity index (χ0) is 30.8. The van der Waals surface area contributed by atoms with Crippen molar-refractivity contribution in [3.63, 3.8) is 0 Å². The number of ether oxygens (including phenoxy) is 7. The molecule has 0 amide bonds. The molecule has 0 radical (unpaired) electrons. The van der Waals surface area contributed by atoms with Crippen molar-refractivity contribution in [1.29, 1.82) is 0 Å². The second-order valence-electron chi connectivity index (χ2n) is 8.57. The van der Waals surface area contributed by atoms with Crippen LogP contribution in [0, 0.1) is 27.2 Å². The van der Waals surface area contributed by atoms with E-state index in [9.17, 15) is 28.6 Å². The van der Waals surface area contributed by atoms with Crippen LogP contribution >= 0.6 is 0 Å². The molecule has 0 atom stereocenters. The predicted molar refractivity (Wildman–Crippen MR) is 149 cm³/mol. The van der Waals surface area contributed by atoms with Crippen LogP contribution in [-0.4, -0.2) is 104 Å². The smallest absolute Gasteiger partial charge is 0.350 e. The molecule has 0 aliphatic carbocycles. The molecule has 2 aromatic carbocycles. The summed E-state index contributed by atoms with van der Waals surface area (Å²) in [7, 11) is -1.89. The van der Waals surface area contributed by atoms with Gasteiger partial charge < -0.3 is 33.2 Å². The fraction of sp³-hybridized carbons (Fsp3) is 0.538. The highest BCUT2D eigenvalue weighted by Gasteiger charge is 2.28. The molecule has 15 nitrogen and oxygen atoms in total. The van der Waals surface area contributed by atoms with Gasteiger partial charge in [0.05, 0.1) is 92.1 Å². The Morgan fingerprint density at radius 2 is 1.05 bits per heavy atom. The summed E-state index contributed by atoms with van der Waals surface area (Å²) in [6, 6.07) is 8.42. The van der Waals surface area contributed by atoms with Gasteiger partial charge in [-0.3, -0.25) is 20.2 Å². The number of benzene rings is 2. The molecule has 234 valence electrons. The third-order valence-corrected chi connectivity index (χ3v) is 7.15. The van der Waals surface area contributed by atoms with Crippen LogP contribution in [0.4, 0.5) is 11.4 Å². The van der Waals surface area contributed by atoms with Gasteiger partial charge in [0.25, 0.3) is 0 Å². The van der Waals surface area contributed by atoms with Gasteiger partial charge in [-0.2, -0.15) is 0 Å². The van der Waals surface area contributed by atoms with E-state index in [1.807, 2.05) is 6.92 Å². The molecular formula is C26H36N2O13S. The summed E-state index contributed by atoms with van der Waals surface area (Å²) in [5, 5.41) is 22.7. The van der Waals surface area contributed by atoms with Crippen LogP contribution in [0.2, 0.25) is 0 Å². The first-order valence-electron chi connectivity index (χ1n) is 13.0. The lowest BCUT2D eigenvalue weighted by atomic mass is 10.2. The first-order chi connectivity index (χ1) is 20.2. The second-order valence-corrected chi connectivity index (χ2v) is 10.7. The van der Waals surface area contributed by atoms with E-state index < -0.39 is 31.1 Å². The Morgan fingerprint density at radius 3 is 1.48 bits per heavy atom. The van der Waals surface area contributed by atoms with Crippen molar-refractivity contribution in [3.8, 4) is 11.5 Å². The molecule has 2 aromatic rings. The summed E-state index contributed by atoms with van der Waals surface area (Å²) in [4.78, 5) is 21.2. The maximum atomic E-state index is 12.3. The molecule has 0 N–H and O–H groups in total. The molecule has 0 saturated heterocycles. The number of aryl methyl sites for hydroxylation is 1. The number of nitrogens with zero attached hydrogens (tertiary/aromatic N) is 2. The standard InChI is InChI=1S/C26H36N2O13S/c1-21-3-5-22(6-4-21)42(33,34)18-17-39-12-11-38-14-16-41-26-20-24(28(31)32)23(27(29)30)19-25(26)40-15-13-37-10-9-36-8-7-35-2/h3-6,19-20H,7-18H2,1-2H3. The zero-order valence-electron chi connectivity index (χ0n) is 23.6. The van der Waals surface area contributed by atoms with Gasteiger partial charge in [0.15, 0.2) is 21.3 Å². The molecule has 0 bridgehead atoms. The van der Waals surface area contributed by atoms with Crippen LogP contribution in [0.1, 0.15) is 5.56 Å². The van der Waals surface area contributed by atoms with Crippen molar-refractivity contribution in [1.82, 2.24) is 0 Å². The Bertz CT molecular complexity index is 1220. The van der Waals surface area contributed by atoms with E-state index in [2.05, 4.69) is 0 Å². The Hall–Kier alpha value is -3.41. The Balaban J connectivity index is 1.77. The summed E-state index contributed by atoms with van der Waals surface area (Å²) in [5.41, 5.74) is -0.530. The highest BCUT2D eigenvalue weighted by atomic mass is 32.2.